The maximum absolute atomic E-state index is 4.89. The minimum Gasteiger partial charge on any atom is -0.252 e. The van der Waals surface area contributed by atoms with E-state index in [1.807, 2.05) is 0 Å². The van der Waals surface area contributed by atoms with Crippen molar-refractivity contribution in [2.75, 3.05) is 0 Å². The molecule has 0 bridgehead atoms. The molecule has 20 heavy (non-hydrogen) atoms. The van der Waals surface area contributed by atoms with Gasteiger partial charge in [0.05, 0.1) is 11.2 Å². The van der Waals surface area contributed by atoms with Crippen LogP contribution in [0.25, 0.3) is 22.0 Å². The largest absolute Gasteiger partial charge is 0.252 e. The number of nitrogens with zero attached hydrogens (tertiary/aromatic N) is 1. The van der Waals surface area contributed by atoms with Gasteiger partial charge in [-0.25, -0.2) is 0 Å². The third-order valence-electron chi connectivity index (χ3n) is 4.52. The maximum atomic E-state index is 4.89. The van der Waals surface area contributed by atoms with Crippen LogP contribution in [0.2, 0.25) is 0 Å². The number of fused-ring (bicyclic) bond motifs is 4. The molecule has 0 radical (unpaired) electrons. The van der Waals surface area contributed by atoms with E-state index >= 15 is 0 Å². The summed E-state index contributed by atoms with van der Waals surface area (Å²) in [4.78, 5) is 4.89. The van der Waals surface area contributed by atoms with Crippen LogP contribution in [-0.2, 0) is 6.42 Å². The van der Waals surface area contributed by atoms with E-state index in [0.29, 0.717) is 0 Å². The third kappa shape index (κ3) is 1.53. The molecule has 1 nitrogen and oxygen atoms in total. The summed E-state index contributed by atoms with van der Waals surface area (Å²) in [5.74, 6) is 0. The Bertz CT molecular complexity index is 859. The van der Waals surface area contributed by atoms with Gasteiger partial charge in [0.15, 0.2) is 0 Å². The van der Waals surface area contributed by atoms with Gasteiger partial charge in [-0.05, 0) is 60.7 Å². The Hall–Kier alpha value is -2.15. The van der Waals surface area contributed by atoms with Crippen LogP contribution >= 0.6 is 0 Å². The average Bonchev–Trinajstić information content (AvgIpc) is 2.75. The summed E-state index contributed by atoms with van der Waals surface area (Å²) in [7, 11) is 0. The van der Waals surface area contributed by atoms with Gasteiger partial charge in [-0.15, -0.1) is 0 Å². The molecule has 0 fully saturated rings. The minimum absolute atomic E-state index is 0.968. The molecule has 1 heteroatoms. The first-order valence-corrected chi connectivity index (χ1v) is 7.13. The zero-order valence-corrected chi connectivity index (χ0v) is 12.1. The van der Waals surface area contributed by atoms with Gasteiger partial charge in [-0.2, -0.15) is 0 Å². The first kappa shape index (κ1) is 11.7. The van der Waals surface area contributed by atoms with Gasteiger partial charge in [-0.3, -0.25) is 4.98 Å². The van der Waals surface area contributed by atoms with Crippen LogP contribution in [0.1, 0.15) is 27.9 Å². The van der Waals surface area contributed by atoms with Gasteiger partial charge in [0.25, 0.3) is 0 Å². The molecule has 0 saturated carbocycles. The number of hydrogen-bond donors (Lipinski definition) is 0. The summed E-state index contributed by atoms with van der Waals surface area (Å²) < 4.78 is 0. The maximum Gasteiger partial charge on any atom is 0.0708 e. The minimum atomic E-state index is 0.968. The molecule has 98 valence electrons. The molecule has 1 heterocycles. The first-order chi connectivity index (χ1) is 9.63. The molecule has 0 N–H and O–H groups in total. The van der Waals surface area contributed by atoms with Crippen LogP contribution in [0.15, 0.2) is 36.4 Å². The number of hydrogen-bond acceptors (Lipinski definition) is 1. The SMILES string of the molecule is Cc1cc2c(cc1C)-c1cc3c(C)cccc3nc1C2. The van der Waals surface area contributed by atoms with E-state index in [9.17, 15) is 0 Å². The lowest BCUT2D eigenvalue weighted by Crippen LogP contribution is -1.89. The van der Waals surface area contributed by atoms with E-state index in [1.165, 1.54) is 44.5 Å². The van der Waals surface area contributed by atoms with Gasteiger partial charge >= 0.3 is 0 Å². The molecule has 4 rings (SSSR count). The van der Waals surface area contributed by atoms with Crippen LogP contribution in [0.4, 0.5) is 0 Å². The number of benzene rings is 2. The van der Waals surface area contributed by atoms with Crippen LogP contribution in [0.5, 0.6) is 0 Å². The topological polar surface area (TPSA) is 12.9 Å². The van der Waals surface area contributed by atoms with Crippen molar-refractivity contribution >= 4 is 10.9 Å². The molecule has 0 saturated heterocycles. The molecule has 0 unspecified atom stereocenters. The van der Waals surface area contributed by atoms with E-state index in [-0.39, 0.29) is 0 Å². The standard InChI is InChI=1S/C19H17N/c1-11-5-4-6-18-15(11)10-17-16-8-13(3)12(2)7-14(16)9-19(17)20-18/h4-8,10H,9H2,1-3H3. The van der Waals surface area contributed by atoms with E-state index in [4.69, 9.17) is 4.98 Å². The summed E-state index contributed by atoms with van der Waals surface area (Å²) >= 11 is 0. The predicted octanol–water partition coefficient (Wildman–Crippen LogP) is 4.73. The highest BCUT2D eigenvalue weighted by atomic mass is 14.7. The third-order valence-corrected chi connectivity index (χ3v) is 4.52. The smallest absolute Gasteiger partial charge is 0.0708 e. The predicted molar refractivity (Wildman–Crippen MR) is 84.2 cm³/mol. The molecule has 0 spiro atoms. The lowest BCUT2D eigenvalue weighted by Gasteiger charge is -2.07. The Kier molecular flexibility index (Phi) is 2.29. The Morgan fingerprint density at radius 3 is 2.50 bits per heavy atom. The van der Waals surface area contributed by atoms with Crippen LogP contribution in [-0.4, -0.2) is 4.98 Å². The summed E-state index contributed by atoms with van der Waals surface area (Å²) in [6, 6.07) is 13.3. The van der Waals surface area contributed by atoms with E-state index in [2.05, 4.69) is 57.2 Å². The zero-order chi connectivity index (χ0) is 13.9. The average molecular weight is 259 g/mol. The molecule has 1 aliphatic carbocycles. The molecule has 0 amide bonds. The highest BCUT2D eigenvalue weighted by Crippen LogP contribution is 2.39. The molecule has 0 atom stereocenters. The molecule has 2 aromatic carbocycles. The van der Waals surface area contributed by atoms with Crippen molar-refractivity contribution in [3.8, 4) is 11.1 Å². The van der Waals surface area contributed by atoms with Crippen molar-refractivity contribution in [1.82, 2.24) is 4.98 Å². The zero-order valence-electron chi connectivity index (χ0n) is 12.1. The Balaban J connectivity index is 2.05. The van der Waals surface area contributed by atoms with Crippen LogP contribution in [0.3, 0.4) is 0 Å². The van der Waals surface area contributed by atoms with Gasteiger partial charge in [0.1, 0.15) is 0 Å². The van der Waals surface area contributed by atoms with Gasteiger partial charge in [-0.1, -0.05) is 24.3 Å². The Morgan fingerprint density at radius 1 is 0.850 bits per heavy atom. The molecular formula is C19H17N. The molecule has 1 aromatic heterocycles. The van der Waals surface area contributed by atoms with Crippen molar-refractivity contribution in [3.05, 3.63) is 64.3 Å². The quantitative estimate of drug-likeness (QED) is 0.445. The van der Waals surface area contributed by atoms with Crippen molar-refractivity contribution in [3.63, 3.8) is 0 Å². The van der Waals surface area contributed by atoms with Gasteiger partial charge in [0, 0.05) is 17.4 Å². The summed E-state index contributed by atoms with van der Waals surface area (Å²) in [6.45, 7) is 6.53. The highest BCUT2D eigenvalue weighted by molar-refractivity contribution is 5.90. The van der Waals surface area contributed by atoms with E-state index < -0.39 is 0 Å². The highest BCUT2D eigenvalue weighted by Gasteiger charge is 2.21. The Labute approximate surface area is 119 Å². The monoisotopic (exact) mass is 259 g/mol. The summed E-state index contributed by atoms with van der Waals surface area (Å²) in [6.07, 6.45) is 0.968. The van der Waals surface area contributed by atoms with Crippen molar-refractivity contribution in [1.29, 1.82) is 0 Å². The fourth-order valence-corrected chi connectivity index (χ4v) is 3.21. The number of pyridine rings is 1. The summed E-state index contributed by atoms with van der Waals surface area (Å²) in [5, 5.41) is 1.28. The number of rotatable bonds is 0. The second-order valence-electron chi connectivity index (χ2n) is 5.89. The fraction of sp³-hybridized carbons (Fsp3) is 0.211. The Morgan fingerprint density at radius 2 is 1.65 bits per heavy atom. The molecule has 1 aliphatic rings. The lowest BCUT2D eigenvalue weighted by atomic mass is 9.99. The summed E-state index contributed by atoms with van der Waals surface area (Å²) in [5.41, 5.74) is 10.5. The van der Waals surface area contributed by atoms with Gasteiger partial charge < -0.3 is 0 Å². The number of aryl methyl sites for hydroxylation is 3. The van der Waals surface area contributed by atoms with E-state index in [0.717, 1.165) is 11.9 Å². The second kappa shape index (κ2) is 3.92. The van der Waals surface area contributed by atoms with Crippen molar-refractivity contribution < 1.29 is 0 Å². The second-order valence-corrected chi connectivity index (χ2v) is 5.89. The number of aromatic nitrogens is 1. The first-order valence-electron chi connectivity index (χ1n) is 7.13. The normalized spacial score (nSPS) is 12.6. The van der Waals surface area contributed by atoms with Crippen LogP contribution in [0, 0.1) is 20.8 Å². The molecule has 3 aromatic rings. The van der Waals surface area contributed by atoms with Gasteiger partial charge in [0.2, 0.25) is 0 Å². The molecule has 0 aliphatic heterocycles. The lowest BCUT2D eigenvalue weighted by molar-refractivity contribution is 1.14. The van der Waals surface area contributed by atoms with E-state index in [1.54, 1.807) is 0 Å². The molecular weight excluding hydrogens is 242 g/mol. The van der Waals surface area contributed by atoms with Crippen molar-refractivity contribution in [2.24, 2.45) is 0 Å². The van der Waals surface area contributed by atoms with Crippen LogP contribution < -0.4 is 0 Å². The van der Waals surface area contributed by atoms with Crippen molar-refractivity contribution in [2.45, 2.75) is 27.2 Å². The fourth-order valence-electron chi connectivity index (χ4n) is 3.21.